The Balaban J connectivity index is 1.98. The standard InChI is InChI=1S/C15H23FN2O/c1-2-6-18(11-14-4-3-5-17-14)10-12-7-13(16)9-15(19)8-12/h7-9,14,17,19H,2-6,10-11H2,1H3. The predicted molar refractivity (Wildman–Crippen MR) is 74.7 cm³/mol. The van der Waals surface area contributed by atoms with Crippen LogP contribution in [0.3, 0.4) is 0 Å². The summed E-state index contributed by atoms with van der Waals surface area (Å²) in [6.45, 7) is 5.93. The third-order valence-electron chi connectivity index (χ3n) is 3.53. The Labute approximate surface area is 114 Å². The number of rotatable bonds is 6. The third-order valence-corrected chi connectivity index (χ3v) is 3.53. The molecule has 1 unspecified atom stereocenters. The van der Waals surface area contributed by atoms with Crippen LogP contribution in [0.2, 0.25) is 0 Å². The molecule has 3 nitrogen and oxygen atoms in total. The maximum absolute atomic E-state index is 13.3. The van der Waals surface area contributed by atoms with E-state index in [0.29, 0.717) is 12.6 Å². The van der Waals surface area contributed by atoms with Crippen LogP contribution in [-0.4, -0.2) is 35.7 Å². The molecule has 19 heavy (non-hydrogen) atoms. The van der Waals surface area contributed by atoms with Crippen molar-refractivity contribution in [3.05, 3.63) is 29.6 Å². The van der Waals surface area contributed by atoms with Crippen molar-refractivity contribution < 1.29 is 9.50 Å². The second kappa shape index (κ2) is 6.87. The summed E-state index contributed by atoms with van der Waals surface area (Å²) >= 11 is 0. The first-order valence-electron chi connectivity index (χ1n) is 7.11. The number of nitrogens with one attached hydrogen (secondary N) is 1. The molecule has 0 aromatic heterocycles. The van der Waals surface area contributed by atoms with Crippen LogP contribution in [0.25, 0.3) is 0 Å². The molecule has 2 rings (SSSR count). The van der Waals surface area contributed by atoms with Crippen LogP contribution < -0.4 is 5.32 Å². The number of hydrogen-bond donors (Lipinski definition) is 2. The van der Waals surface area contributed by atoms with Crippen molar-refractivity contribution in [2.75, 3.05) is 19.6 Å². The van der Waals surface area contributed by atoms with E-state index in [1.54, 1.807) is 6.07 Å². The van der Waals surface area contributed by atoms with E-state index < -0.39 is 0 Å². The van der Waals surface area contributed by atoms with Gasteiger partial charge in [-0.2, -0.15) is 0 Å². The van der Waals surface area contributed by atoms with Crippen LogP contribution in [-0.2, 0) is 6.54 Å². The Kier molecular flexibility index (Phi) is 5.16. The van der Waals surface area contributed by atoms with E-state index in [2.05, 4.69) is 17.1 Å². The Bertz CT molecular complexity index is 385. The largest absolute Gasteiger partial charge is 0.508 e. The molecule has 1 aliphatic heterocycles. The molecule has 106 valence electrons. The van der Waals surface area contributed by atoms with Crippen molar-refractivity contribution in [1.29, 1.82) is 0 Å². The molecule has 1 aliphatic rings. The lowest BCUT2D eigenvalue weighted by molar-refractivity contribution is 0.241. The van der Waals surface area contributed by atoms with E-state index in [-0.39, 0.29) is 11.6 Å². The Morgan fingerprint density at radius 1 is 1.42 bits per heavy atom. The first-order chi connectivity index (χ1) is 9.17. The van der Waals surface area contributed by atoms with Crippen molar-refractivity contribution >= 4 is 0 Å². The molecule has 1 saturated heterocycles. The van der Waals surface area contributed by atoms with Gasteiger partial charge in [0.1, 0.15) is 11.6 Å². The average Bonchev–Trinajstić information content (AvgIpc) is 2.80. The molecule has 4 heteroatoms. The number of phenolic OH excluding ortho intramolecular Hbond substituents is 1. The molecule has 1 aromatic carbocycles. The number of benzene rings is 1. The second-order valence-electron chi connectivity index (χ2n) is 5.35. The zero-order valence-corrected chi connectivity index (χ0v) is 11.5. The fraction of sp³-hybridized carbons (Fsp3) is 0.600. The van der Waals surface area contributed by atoms with Crippen LogP contribution in [0.5, 0.6) is 5.75 Å². The van der Waals surface area contributed by atoms with Gasteiger partial charge in [0.25, 0.3) is 0 Å². The van der Waals surface area contributed by atoms with Crippen molar-refractivity contribution in [2.45, 2.75) is 38.8 Å². The van der Waals surface area contributed by atoms with E-state index in [9.17, 15) is 9.50 Å². The summed E-state index contributed by atoms with van der Waals surface area (Å²) in [6, 6.07) is 4.85. The lowest BCUT2D eigenvalue weighted by Crippen LogP contribution is -2.37. The normalized spacial score (nSPS) is 19.2. The van der Waals surface area contributed by atoms with Crippen molar-refractivity contribution in [3.8, 4) is 5.75 Å². The number of halogens is 1. The van der Waals surface area contributed by atoms with Gasteiger partial charge in [-0.3, -0.25) is 4.90 Å². The van der Waals surface area contributed by atoms with E-state index in [1.165, 1.54) is 18.9 Å². The average molecular weight is 266 g/mol. The lowest BCUT2D eigenvalue weighted by Gasteiger charge is -2.25. The third kappa shape index (κ3) is 4.48. The lowest BCUT2D eigenvalue weighted by atomic mass is 10.1. The minimum absolute atomic E-state index is 0.00504. The molecule has 1 fully saturated rings. The highest BCUT2D eigenvalue weighted by atomic mass is 19.1. The fourth-order valence-corrected chi connectivity index (χ4v) is 2.76. The van der Waals surface area contributed by atoms with Gasteiger partial charge < -0.3 is 10.4 Å². The molecule has 0 amide bonds. The van der Waals surface area contributed by atoms with Gasteiger partial charge in [0, 0.05) is 25.2 Å². The van der Waals surface area contributed by atoms with Gasteiger partial charge in [0.05, 0.1) is 0 Å². The van der Waals surface area contributed by atoms with Crippen LogP contribution in [0, 0.1) is 5.82 Å². The molecular formula is C15H23FN2O. The molecular weight excluding hydrogens is 243 g/mol. The van der Waals surface area contributed by atoms with Crippen molar-refractivity contribution in [1.82, 2.24) is 10.2 Å². The summed E-state index contributed by atoms with van der Waals surface area (Å²) in [7, 11) is 0. The molecule has 0 spiro atoms. The smallest absolute Gasteiger partial charge is 0.127 e. The van der Waals surface area contributed by atoms with Crippen LogP contribution in [0.4, 0.5) is 4.39 Å². The molecule has 1 aromatic rings. The summed E-state index contributed by atoms with van der Waals surface area (Å²) in [4.78, 5) is 2.33. The minimum Gasteiger partial charge on any atom is -0.508 e. The Hall–Kier alpha value is -1.13. The van der Waals surface area contributed by atoms with E-state index >= 15 is 0 Å². The molecule has 0 saturated carbocycles. The van der Waals surface area contributed by atoms with Crippen molar-refractivity contribution in [3.63, 3.8) is 0 Å². The van der Waals surface area contributed by atoms with Gasteiger partial charge >= 0.3 is 0 Å². The molecule has 0 bridgehead atoms. The molecule has 0 radical (unpaired) electrons. The van der Waals surface area contributed by atoms with Gasteiger partial charge in [-0.15, -0.1) is 0 Å². The maximum atomic E-state index is 13.3. The Morgan fingerprint density at radius 2 is 2.26 bits per heavy atom. The first kappa shape index (κ1) is 14.3. The number of hydrogen-bond acceptors (Lipinski definition) is 3. The van der Waals surface area contributed by atoms with Crippen LogP contribution in [0.15, 0.2) is 18.2 Å². The SMILES string of the molecule is CCCN(Cc1cc(O)cc(F)c1)CC1CCCN1. The second-order valence-corrected chi connectivity index (χ2v) is 5.35. The highest BCUT2D eigenvalue weighted by Crippen LogP contribution is 2.17. The topological polar surface area (TPSA) is 35.5 Å². The number of aromatic hydroxyl groups is 1. The van der Waals surface area contributed by atoms with Crippen molar-refractivity contribution in [2.24, 2.45) is 0 Å². The van der Waals surface area contributed by atoms with Crippen LogP contribution >= 0.6 is 0 Å². The van der Waals surface area contributed by atoms with E-state index in [4.69, 9.17) is 0 Å². The summed E-state index contributed by atoms with van der Waals surface area (Å²) < 4.78 is 13.3. The summed E-state index contributed by atoms with van der Waals surface area (Å²) in [6.07, 6.45) is 3.54. The van der Waals surface area contributed by atoms with Gasteiger partial charge in [-0.25, -0.2) is 4.39 Å². The molecule has 0 aliphatic carbocycles. The Morgan fingerprint density at radius 3 is 2.89 bits per heavy atom. The van der Waals surface area contributed by atoms with Gasteiger partial charge in [0.2, 0.25) is 0 Å². The van der Waals surface area contributed by atoms with Gasteiger partial charge in [-0.05, 0) is 50.0 Å². The molecule has 2 N–H and O–H groups in total. The van der Waals surface area contributed by atoms with Gasteiger partial charge in [-0.1, -0.05) is 6.92 Å². The van der Waals surface area contributed by atoms with E-state index in [1.807, 2.05) is 0 Å². The zero-order chi connectivity index (χ0) is 13.7. The number of phenols is 1. The summed E-state index contributed by atoms with van der Waals surface area (Å²) in [5.41, 5.74) is 0.837. The van der Waals surface area contributed by atoms with Gasteiger partial charge in [0.15, 0.2) is 0 Å². The fourth-order valence-electron chi connectivity index (χ4n) is 2.76. The van der Waals surface area contributed by atoms with Crippen LogP contribution in [0.1, 0.15) is 31.7 Å². The quantitative estimate of drug-likeness (QED) is 0.830. The zero-order valence-electron chi connectivity index (χ0n) is 11.5. The first-order valence-corrected chi connectivity index (χ1v) is 7.11. The van der Waals surface area contributed by atoms with E-state index in [0.717, 1.165) is 37.7 Å². The molecule has 1 atom stereocenters. The molecule has 1 heterocycles. The number of nitrogens with zero attached hydrogens (tertiary/aromatic N) is 1. The maximum Gasteiger partial charge on any atom is 0.127 e. The summed E-state index contributed by atoms with van der Waals surface area (Å²) in [5.74, 6) is -0.365. The highest BCUT2D eigenvalue weighted by molar-refractivity contribution is 5.28. The predicted octanol–water partition coefficient (Wildman–Crippen LogP) is 2.50. The highest BCUT2D eigenvalue weighted by Gasteiger charge is 2.17. The summed E-state index contributed by atoms with van der Waals surface area (Å²) in [5, 5.41) is 12.9. The minimum atomic E-state index is -0.370. The monoisotopic (exact) mass is 266 g/mol.